The van der Waals surface area contributed by atoms with Gasteiger partial charge in [-0.05, 0) is 41.5 Å². The second kappa shape index (κ2) is 20.4. The molecule has 0 fully saturated rings. The average Bonchev–Trinajstić information content (AvgIpc) is 2.88. The van der Waals surface area contributed by atoms with Gasteiger partial charge >= 0.3 is 0 Å². The van der Waals surface area contributed by atoms with Crippen LogP contribution in [0.15, 0.2) is 0 Å². The quantitative estimate of drug-likeness (QED) is 0.130. The fourth-order valence-corrected chi connectivity index (χ4v) is 4.24. The highest BCUT2D eigenvalue weighted by molar-refractivity contribution is 5.81. The van der Waals surface area contributed by atoms with Gasteiger partial charge in [-0.3, -0.25) is 19.2 Å². The fraction of sp³-hybridized carbons (Fsp3) is 0.882. The van der Waals surface area contributed by atoms with Gasteiger partial charge in [0, 0.05) is 37.0 Å². The van der Waals surface area contributed by atoms with Crippen LogP contribution in [0.1, 0.15) is 109 Å². The van der Waals surface area contributed by atoms with E-state index in [1.54, 1.807) is 0 Å². The third kappa shape index (κ3) is 19.6. The van der Waals surface area contributed by atoms with E-state index in [4.69, 9.17) is 23.7 Å². The Morgan fingerprint density at radius 1 is 0.568 bits per heavy atom. The highest BCUT2D eigenvalue weighted by Gasteiger charge is 2.36. The lowest BCUT2D eigenvalue weighted by Crippen LogP contribution is -2.59. The van der Waals surface area contributed by atoms with Crippen LogP contribution in [-0.4, -0.2) is 92.4 Å². The predicted molar refractivity (Wildman–Crippen MR) is 172 cm³/mol. The molecule has 1 N–H and O–H groups in total. The molecule has 0 aromatic heterocycles. The van der Waals surface area contributed by atoms with Gasteiger partial charge in [-0.1, -0.05) is 41.5 Å². The number of ether oxygens (including phenoxy) is 5. The van der Waals surface area contributed by atoms with Crippen molar-refractivity contribution >= 4 is 23.3 Å². The van der Waals surface area contributed by atoms with E-state index in [2.05, 4.69) is 5.32 Å². The van der Waals surface area contributed by atoms with E-state index in [1.807, 2.05) is 83.1 Å². The summed E-state index contributed by atoms with van der Waals surface area (Å²) in [5, 5.41) is 3.07. The summed E-state index contributed by atoms with van der Waals surface area (Å²) in [4.78, 5) is 50.0. The van der Waals surface area contributed by atoms with Gasteiger partial charge in [0.25, 0.3) is 0 Å². The van der Waals surface area contributed by atoms with E-state index in [-0.39, 0.29) is 112 Å². The SMILES string of the molecule is CC(C)OC(C)(C)COC(C)(C)CC(=O)NC(COCCC(=O)C(C)C)(COCCC(=O)C(C)C)COCCC(=O)C(C)C. The van der Waals surface area contributed by atoms with Crippen molar-refractivity contribution in [3.63, 3.8) is 0 Å². The van der Waals surface area contributed by atoms with E-state index in [0.717, 1.165) is 0 Å². The summed E-state index contributed by atoms with van der Waals surface area (Å²) in [6.07, 6.45) is 0.789. The first-order chi connectivity index (χ1) is 20.2. The third-order valence-electron chi connectivity index (χ3n) is 6.90. The minimum absolute atomic E-state index is 0.0108. The molecule has 0 saturated carbocycles. The second-order valence-electron chi connectivity index (χ2n) is 14.3. The molecule has 0 bridgehead atoms. The zero-order chi connectivity index (χ0) is 34.1. The van der Waals surface area contributed by atoms with Gasteiger partial charge in [-0.25, -0.2) is 0 Å². The number of Topliss-reactive ketones (excluding diaryl/α,β-unsaturated/α-hetero) is 3. The highest BCUT2D eigenvalue weighted by atomic mass is 16.6. The largest absolute Gasteiger partial charge is 0.378 e. The lowest BCUT2D eigenvalue weighted by molar-refractivity contribution is -0.150. The zero-order valence-electron chi connectivity index (χ0n) is 29.8. The molecule has 0 heterocycles. The molecule has 0 aromatic rings. The van der Waals surface area contributed by atoms with Crippen molar-refractivity contribution in [2.24, 2.45) is 17.8 Å². The molecule has 10 heteroatoms. The van der Waals surface area contributed by atoms with Gasteiger partial charge < -0.3 is 29.0 Å². The zero-order valence-corrected chi connectivity index (χ0v) is 29.8. The summed E-state index contributed by atoms with van der Waals surface area (Å²) in [6, 6.07) is 0. The first kappa shape index (κ1) is 42.3. The monoisotopic (exact) mass is 629 g/mol. The number of hydrogen-bond donors (Lipinski definition) is 1. The number of amides is 1. The minimum Gasteiger partial charge on any atom is -0.378 e. The molecular formula is C34H63NO9. The van der Waals surface area contributed by atoms with Crippen LogP contribution in [0.5, 0.6) is 0 Å². The minimum atomic E-state index is -1.13. The maximum atomic E-state index is 13.5. The van der Waals surface area contributed by atoms with Crippen LogP contribution < -0.4 is 5.32 Å². The fourth-order valence-electron chi connectivity index (χ4n) is 4.24. The van der Waals surface area contributed by atoms with Crippen LogP contribution in [0.3, 0.4) is 0 Å². The summed E-state index contributed by atoms with van der Waals surface area (Å²) in [5.74, 6) is -0.387. The Labute approximate surface area is 267 Å². The molecule has 0 spiro atoms. The van der Waals surface area contributed by atoms with Crippen molar-refractivity contribution < 1.29 is 42.9 Å². The normalized spacial score (nSPS) is 12.9. The van der Waals surface area contributed by atoms with E-state index in [0.29, 0.717) is 6.61 Å². The van der Waals surface area contributed by atoms with Gasteiger partial charge in [0.1, 0.15) is 22.9 Å². The highest BCUT2D eigenvalue weighted by Crippen LogP contribution is 2.21. The molecule has 1 amide bonds. The topological polar surface area (TPSA) is 126 Å². The van der Waals surface area contributed by atoms with Gasteiger partial charge in [-0.15, -0.1) is 0 Å². The summed E-state index contributed by atoms with van der Waals surface area (Å²) >= 11 is 0. The van der Waals surface area contributed by atoms with Crippen LogP contribution in [0.4, 0.5) is 0 Å². The molecule has 0 aliphatic heterocycles. The van der Waals surface area contributed by atoms with Crippen molar-refractivity contribution in [1.82, 2.24) is 5.32 Å². The lowest BCUT2D eigenvalue weighted by Gasteiger charge is -2.36. The van der Waals surface area contributed by atoms with E-state index >= 15 is 0 Å². The molecule has 258 valence electrons. The Hall–Kier alpha value is -1.72. The summed E-state index contributed by atoms with van der Waals surface area (Å²) in [5.41, 5.74) is -2.47. The number of hydrogen-bond acceptors (Lipinski definition) is 9. The number of nitrogens with one attached hydrogen (secondary N) is 1. The first-order valence-corrected chi connectivity index (χ1v) is 16.1. The van der Waals surface area contributed by atoms with Gasteiger partial charge in [-0.2, -0.15) is 0 Å². The van der Waals surface area contributed by atoms with Crippen molar-refractivity contribution in [3.8, 4) is 0 Å². The van der Waals surface area contributed by atoms with Crippen LogP contribution in [0.2, 0.25) is 0 Å². The predicted octanol–water partition coefficient (Wildman–Crippen LogP) is 5.13. The molecule has 44 heavy (non-hydrogen) atoms. The molecule has 0 rings (SSSR count). The standard InChI is InChI=1S/C34H63NO9/c1-24(2)28(36)13-16-40-21-34(22-41-17-14-29(37)25(3)4,23-42-18-15-30(38)26(5)6)35-31(39)19-32(9,10)43-20-33(11,12)44-27(7)8/h24-27H,13-23H2,1-12H3,(H,35,39). The van der Waals surface area contributed by atoms with E-state index < -0.39 is 16.7 Å². The second-order valence-corrected chi connectivity index (χ2v) is 14.3. The Bertz CT molecular complexity index is 809. The van der Waals surface area contributed by atoms with Gasteiger partial charge in [0.15, 0.2) is 0 Å². The maximum Gasteiger partial charge on any atom is 0.223 e. The molecule has 0 aromatic carbocycles. The number of carbonyl (C=O) groups is 4. The molecule has 0 aliphatic carbocycles. The van der Waals surface area contributed by atoms with Gasteiger partial charge in [0.2, 0.25) is 5.91 Å². The van der Waals surface area contributed by atoms with Crippen molar-refractivity contribution in [2.75, 3.05) is 46.2 Å². The molecule has 0 saturated heterocycles. The first-order valence-electron chi connectivity index (χ1n) is 16.1. The van der Waals surface area contributed by atoms with Crippen molar-refractivity contribution in [1.29, 1.82) is 0 Å². The number of ketones is 3. The van der Waals surface area contributed by atoms with Crippen LogP contribution in [-0.2, 0) is 42.9 Å². The van der Waals surface area contributed by atoms with Crippen LogP contribution in [0.25, 0.3) is 0 Å². The Morgan fingerprint density at radius 2 is 0.932 bits per heavy atom. The van der Waals surface area contributed by atoms with Crippen LogP contribution >= 0.6 is 0 Å². The third-order valence-corrected chi connectivity index (χ3v) is 6.90. The molecule has 0 radical (unpaired) electrons. The number of rotatable bonds is 26. The molecule has 0 unspecified atom stereocenters. The molecule has 0 atom stereocenters. The maximum absolute atomic E-state index is 13.5. The lowest BCUT2D eigenvalue weighted by atomic mass is 9.99. The summed E-state index contributed by atoms with van der Waals surface area (Å²) < 4.78 is 29.9. The summed E-state index contributed by atoms with van der Waals surface area (Å²) in [7, 11) is 0. The van der Waals surface area contributed by atoms with E-state index in [9.17, 15) is 19.2 Å². The van der Waals surface area contributed by atoms with Gasteiger partial charge in [0.05, 0.1) is 70.0 Å². The van der Waals surface area contributed by atoms with Crippen molar-refractivity contribution in [2.45, 2.75) is 132 Å². The molecular weight excluding hydrogens is 566 g/mol. The Balaban J connectivity index is 5.80. The Kier molecular flexibility index (Phi) is 19.6. The summed E-state index contributed by atoms with van der Waals surface area (Å²) in [6.45, 7) is 23.4. The van der Waals surface area contributed by atoms with E-state index in [1.165, 1.54) is 0 Å². The molecule has 0 aliphatic rings. The number of carbonyl (C=O) groups excluding carboxylic acids is 4. The smallest absolute Gasteiger partial charge is 0.223 e. The average molecular weight is 630 g/mol. The molecule has 10 nitrogen and oxygen atoms in total. The van der Waals surface area contributed by atoms with Crippen LogP contribution in [0, 0.1) is 17.8 Å². The Morgan fingerprint density at radius 3 is 1.25 bits per heavy atom. The van der Waals surface area contributed by atoms with Crippen molar-refractivity contribution in [3.05, 3.63) is 0 Å².